The highest BCUT2D eigenvalue weighted by atomic mass is 16.2. The highest BCUT2D eigenvalue weighted by molar-refractivity contribution is 5.86. The number of amides is 1. The normalized spacial score (nSPS) is 19.7. The lowest BCUT2D eigenvalue weighted by Gasteiger charge is -2.25. The van der Waals surface area contributed by atoms with E-state index in [2.05, 4.69) is 53.4 Å². The van der Waals surface area contributed by atoms with Crippen molar-refractivity contribution in [3.63, 3.8) is 0 Å². The molecule has 0 bridgehead atoms. The first kappa shape index (κ1) is 16.6. The Balaban J connectivity index is 1.61. The number of hydrogen-bond donors (Lipinski definition) is 0. The molecular formula is C24H23NO. The van der Waals surface area contributed by atoms with Gasteiger partial charge in [-0.3, -0.25) is 4.79 Å². The molecule has 1 aliphatic rings. The first-order valence-corrected chi connectivity index (χ1v) is 9.24. The van der Waals surface area contributed by atoms with Gasteiger partial charge in [0.25, 0.3) is 0 Å². The van der Waals surface area contributed by atoms with Crippen molar-refractivity contribution in [2.45, 2.75) is 31.3 Å². The van der Waals surface area contributed by atoms with E-state index in [0.717, 1.165) is 18.4 Å². The maximum absolute atomic E-state index is 13.2. The van der Waals surface area contributed by atoms with Gasteiger partial charge in [0.2, 0.25) is 5.91 Å². The van der Waals surface area contributed by atoms with E-state index in [9.17, 15) is 4.79 Å². The zero-order valence-electron chi connectivity index (χ0n) is 14.8. The van der Waals surface area contributed by atoms with Gasteiger partial charge in [-0.25, -0.2) is 0 Å². The third kappa shape index (κ3) is 3.55. The van der Waals surface area contributed by atoms with Gasteiger partial charge in [-0.05, 0) is 29.5 Å². The molecule has 26 heavy (non-hydrogen) atoms. The number of rotatable bonds is 5. The second-order valence-electron chi connectivity index (χ2n) is 6.99. The van der Waals surface area contributed by atoms with E-state index < -0.39 is 0 Å². The largest absolute Gasteiger partial charge is 0.334 e. The maximum Gasteiger partial charge on any atom is 0.230 e. The van der Waals surface area contributed by atoms with Crippen LogP contribution in [0.1, 0.15) is 29.0 Å². The second-order valence-corrected chi connectivity index (χ2v) is 6.99. The van der Waals surface area contributed by atoms with Crippen molar-refractivity contribution in [1.82, 2.24) is 4.90 Å². The summed E-state index contributed by atoms with van der Waals surface area (Å²) in [4.78, 5) is 15.3. The molecule has 3 aromatic rings. The van der Waals surface area contributed by atoms with Crippen LogP contribution in [0.2, 0.25) is 0 Å². The van der Waals surface area contributed by atoms with Crippen molar-refractivity contribution < 1.29 is 4.79 Å². The molecule has 0 aliphatic carbocycles. The molecule has 2 nitrogen and oxygen atoms in total. The van der Waals surface area contributed by atoms with Crippen molar-refractivity contribution in [2.24, 2.45) is 0 Å². The molecule has 1 unspecified atom stereocenters. The van der Waals surface area contributed by atoms with Gasteiger partial charge in [-0.2, -0.15) is 0 Å². The van der Waals surface area contributed by atoms with Crippen molar-refractivity contribution in [3.05, 3.63) is 108 Å². The van der Waals surface area contributed by atoms with Crippen LogP contribution in [0.4, 0.5) is 0 Å². The average Bonchev–Trinajstić information content (AvgIpc) is 3.00. The van der Waals surface area contributed by atoms with E-state index in [1.54, 1.807) is 0 Å². The van der Waals surface area contributed by atoms with E-state index >= 15 is 0 Å². The number of hydrogen-bond acceptors (Lipinski definition) is 1. The van der Waals surface area contributed by atoms with Gasteiger partial charge >= 0.3 is 0 Å². The summed E-state index contributed by atoms with van der Waals surface area (Å²) in [5.41, 5.74) is 3.61. The summed E-state index contributed by atoms with van der Waals surface area (Å²) in [7, 11) is 0. The SMILES string of the molecule is O=C1C(c2ccccc2)C[C@H](Cc2ccccc2)N1Cc1ccccc1. The smallest absolute Gasteiger partial charge is 0.230 e. The van der Waals surface area contributed by atoms with E-state index in [1.165, 1.54) is 11.1 Å². The van der Waals surface area contributed by atoms with Gasteiger partial charge in [0, 0.05) is 12.6 Å². The molecule has 3 aromatic carbocycles. The quantitative estimate of drug-likeness (QED) is 0.652. The molecule has 0 saturated carbocycles. The summed E-state index contributed by atoms with van der Waals surface area (Å²) in [5, 5.41) is 0. The molecule has 0 N–H and O–H groups in total. The van der Waals surface area contributed by atoms with E-state index in [1.807, 2.05) is 42.5 Å². The molecule has 1 heterocycles. The fraction of sp³-hybridized carbons (Fsp3) is 0.208. The number of carbonyl (C=O) groups is 1. The summed E-state index contributed by atoms with van der Waals surface area (Å²) in [5.74, 6) is 0.217. The van der Waals surface area contributed by atoms with E-state index in [4.69, 9.17) is 0 Å². The van der Waals surface area contributed by atoms with Gasteiger partial charge in [-0.1, -0.05) is 91.0 Å². The molecule has 0 radical (unpaired) electrons. The Labute approximate surface area is 155 Å². The van der Waals surface area contributed by atoms with Crippen LogP contribution >= 0.6 is 0 Å². The van der Waals surface area contributed by atoms with Crippen LogP contribution in [0, 0.1) is 0 Å². The molecule has 4 rings (SSSR count). The molecule has 130 valence electrons. The second kappa shape index (κ2) is 7.57. The third-order valence-corrected chi connectivity index (χ3v) is 5.24. The monoisotopic (exact) mass is 341 g/mol. The predicted octanol–water partition coefficient (Wildman–Crippen LogP) is 4.81. The Morgan fingerprint density at radius 2 is 1.27 bits per heavy atom. The highest BCUT2D eigenvalue weighted by Crippen LogP contribution is 2.35. The van der Waals surface area contributed by atoms with Crippen molar-refractivity contribution in [1.29, 1.82) is 0 Å². The standard InChI is InChI=1S/C24H23NO/c26-24-23(21-14-8-3-9-15-21)17-22(16-19-10-4-1-5-11-19)25(24)18-20-12-6-2-7-13-20/h1-15,22-23H,16-18H2/t22-,23?/m0/s1. The topological polar surface area (TPSA) is 20.3 Å². The van der Waals surface area contributed by atoms with Crippen LogP contribution in [0.15, 0.2) is 91.0 Å². The van der Waals surface area contributed by atoms with Crippen LogP contribution < -0.4 is 0 Å². The number of carbonyl (C=O) groups excluding carboxylic acids is 1. The van der Waals surface area contributed by atoms with Gasteiger partial charge < -0.3 is 4.90 Å². The lowest BCUT2D eigenvalue weighted by atomic mass is 9.94. The average molecular weight is 341 g/mol. The Bertz CT molecular complexity index is 845. The molecule has 1 saturated heterocycles. The number of nitrogens with zero attached hydrogens (tertiary/aromatic N) is 1. The zero-order valence-corrected chi connectivity index (χ0v) is 14.8. The lowest BCUT2D eigenvalue weighted by molar-refractivity contribution is -0.130. The molecule has 1 aliphatic heterocycles. The summed E-state index contributed by atoms with van der Waals surface area (Å²) in [6.45, 7) is 0.681. The van der Waals surface area contributed by atoms with Crippen LogP contribution in [-0.4, -0.2) is 16.8 Å². The first-order valence-electron chi connectivity index (χ1n) is 9.24. The van der Waals surface area contributed by atoms with Crippen molar-refractivity contribution in [3.8, 4) is 0 Å². The Hall–Kier alpha value is -2.87. The molecule has 1 amide bonds. The molecule has 0 aromatic heterocycles. The Morgan fingerprint density at radius 3 is 1.88 bits per heavy atom. The summed E-state index contributed by atoms with van der Waals surface area (Å²) in [6, 6.07) is 31.2. The Morgan fingerprint density at radius 1 is 0.731 bits per heavy atom. The zero-order chi connectivity index (χ0) is 17.8. The predicted molar refractivity (Wildman–Crippen MR) is 105 cm³/mol. The van der Waals surface area contributed by atoms with Crippen LogP contribution in [0.5, 0.6) is 0 Å². The van der Waals surface area contributed by atoms with Crippen LogP contribution in [0.3, 0.4) is 0 Å². The molecule has 2 heteroatoms. The highest BCUT2D eigenvalue weighted by Gasteiger charge is 2.39. The van der Waals surface area contributed by atoms with Crippen LogP contribution in [0.25, 0.3) is 0 Å². The molecule has 0 spiro atoms. The first-order chi connectivity index (χ1) is 12.8. The third-order valence-electron chi connectivity index (χ3n) is 5.24. The van der Waals surface area contributed by atoms with E-state index in [0.29, 0.717) is 6.54 Å². The molecule has 2 atom stereocenters. The lowest BCUT2D eigenvalue weighted by Crippen LogP contribution is -2.34. The van der Waals surface area contributed by atoms with Gasteiger partial charge in [-0.15, -0.1) is 0 Å². The van der Waals surface area contributed by atoms with E-state index in [-0.39, 0.29) is 17.9 Å². The fourth-order valence-electron chi connectivity index (χ4n) is 3.91. The fourth-order valence-corrected chi connectivity index (χ4v) is 3.91. The molecular weight excluding hydrogens is 318 g/mol. The van der Waals surface area contributed by atoms with Gasteiger partial charge in [0.15, 0.2) is 0 Å². The van der Waals surface area contributed by atoms with Gasteiger partial charge in [0.1, 0.15) is 0 Å². The Kier molecular flexibility index (Phi) is 4.83. The maximum atomic E-state index is 13.2. The van der Waals surface area contributed by atoms with Crippen LogP contribution in [-0.2, 0) is 17.8 Å². The number of likely N-dealkylation sites (tertiary alicyclic amines) is 1. The number of benzene rings is 3. The van der Waals surface area contributed by atoms with Crippen molar-refractivity contribution >= 4 is 5.91 Å². The van der Waals surface area contributed by atoms with Gasteiger partial charge in [0.05, 0.1) is 5.92 Å². The van der Waals surface area contributed by atoms with Crippen molar-refractivity contribution in [2.75, 3.05) is 0 Å². The summed E-state index contributed by atoms with van der Waals surface area (Å²) < 4.78 is 0. The molecule has 1 fully saturated rings. The minimum atomic E-state index is -0.0337. The minimum Gasteiger partial charge on any atom is -0.334 e. The summed E-state index contributed by atoms with van der Waals surface area (Å²) >= 11 is 0. The minimum absolute atomic E-state index is 0.0337. The summed E-state index contributed by atoms with van der Waals surface area (Å²) in [6.07, 6.45) is 1.79.